The molecular weight excluding hydrogens is 363 g/mol. The summed E-state index contributed by atoms with van der Waals surface area (Å²) in [6, 6.07) is 5.55. The van der Waals surface area contributed by atoms with E-state index in [2.05, 4.69) is 15.3 Å². The van der Waals surface area contributed by atoms with Crippen LogP contribution in [0.5, 0.6) is 0 Å². The zero-order valence-electron chi connectivity index (χ0n) is 13.1. The van der Waals surface area contributed by atoms with Crippen molar-refractivity contribution in [3.05, 3.63) is 46.8 Å². The van der Waals surface area contributed by atoms with Gasteiger partial charge in [0.2, 0.25) is 5.91 Å². The number of nitrogens with zero attached hydrogens (tertiary/aromatic N) is 3. The molecule has 3 heterocycles. The molecule has 1 fully saturated rings. The lowest BCUT2D eigenvalue weighted by molar-refractivity contribution is -0.117. The van der Waals surface area contributed by atoms with Crippen molar-refractivity contribution in [3.8, 4) is 0 Å². The second kappa shape index (κ2) is 6.57. The molecule has 1 atom stereocenters. The number of halogens is 2. The van der Waals surface area contributed by atoms with Crippen molar-refractivity contribution in [2.45, 2.75) is 18.9 Å². The molecule has 8 heteroatoms. The molecule has 4 rings (SSSR count). The van der Waals surface area contributed by atoms with Gasteiger partial charge < -0.3 is 10.2 Å². The van der Waals surface area contributed by atoms with Crippen LogP contribution in [-0.4, -0.2) is 28.5 Å². The Morgan fingerprint density at radius 1 is 1.36 bits per heavy atom. The van der Waals surface area contributed by atoms with E-state index in [9.17, 15) is 9.18 Å². The van der Waals surface area contributed by atoms with E-state index in [-0.39, 0.29) is 17.0 Å². The highest BCUT2D eigenvalue weighted by Gasteiger charge is 2.33. The number of fused-ring (bicyclic) bond motifs is 1. The Labute approximate surface area is 152 Å². The number of nitrogens with one attached hydrogen (secondary N) is 1. The van der Waals surface area contributed by atoms with E-state index in [1.54, 1.807) is 11.3 Å². The maximum Gasteiger partial charge on any atom is 0.247 e. The number of hydrogen-bond donors (Lipinski definition) is 1. The number of carbonyl (C=O) groups excluding carboxylic acids is 1. The minimum absolute atomic E-state index is 0.173. The van der Waals surface area contributed by atoms with Crippen LogP contribution in [0.4, 0.5) is 15.9 Å². The minimum Gasteiger partial charge on any atom is -0.344 e. The Kier molecular flexibility index (Phi) is 4.27. The van der Waals surface area contributed by atoms with Crippen LogP contribution in [-0.2, 0) is 4.79 Å². The predicted octanol–water partition coefficient (Wildman–Crippen LogP) is 4.09. The van der Waals surface area contributed by atoms with Crippen molar-refractivity contribution in [3.63, 3.8) is 0 Å². The van der Waals surface area contributed by atoms with Crippen molar-refractivity contribution in [2.24, 2.45) is 0 Å². The summed E-state index contributed by atoms with van der Waals surface area (Å²) in [6.45, 7) is 0.747. The summed E-state index contributed by atoms with van der Waals surface area (Å²) in [5, 5.41) is 5.90. The largest absolute Gasteiger partial charge is 0.344 e. The smallest absolute Gasteiger partial charge is 0.247 e. The molecule has 0 radical (unpaired) electrons. The average molecular weight is 377 g/mol. The number of rotatable bonds is 3. The lowest BCUT2D eigenvalue weighted by atomic mass is 10.2. The third-order valence-electron chi connectivity index (χ3n) is 4.26. The molecule has 0 unspecified atom stereocenters. The van der Waals surface area contributed by atoms with E-state index >= 15 is 0 Å². The summed E-state index contributed by atoms with van der Waals surface area (Å²) in [7, 11) is 0. The number of amides is 1. The Morgan fingerprint density at radius 2 is 2.24 bits per heavy atom. The van der Waals surface area contributed by atoms with E-state index in [0.29, 0.717) is 5.69 Å². The minimum atomic E-state index is -0.439. The van der Waals surface area contributed by atoms with Crippen LogP contribution in [0.25, 0.3) is 10.2 Å². The average Bonchev–Trinajstić information content (AvgIpc) is 3.25. The number of aromatic nitrogens is 2. The Hall–Kier alpha value is -2.25. The number of anilines is 2. The molecule has 0 spiro atoms. The van der Waals surface area contributed by atoms with E-state index in [1.165, 1.54) is 24.5 Å². The highest BCUT2D eigenvalue weighted by Crippen LogP contribution is 2.32. The fourth-order valence-corrected chi connectivity index (χ4v) is 4.05. The van der Waals surface area contributed by atoms with Crippen molar-refractivity contribution >= 4 is 50.6 Å². The molecule has 1 saturated heterocycles. The maximum atomic E-state index is 13.2. The lowest BCUT2D eigenvalue weighted by Crippen LogP contribution is -2.40. The van der Waals surface area contributed by atoms with Crippen LogP contribution < -0.4 is 10.2 Å². The molecular formula is C17H14ClFN4OS. The van der Waals surface area contributed by atoms with E-state index < -0.39 is 5.82 Å². The summed E-state index contributed by atoms with van der Waals surface area (Å²) in [5.41, 5.74) is 0.406. The van der Waals surface area contributed by atoms with Crippen molar-refractivity contribution in [1.29, 1.82) is 0 Å². The molecule has 1 aliphatic heterocycles. The predicted molar refractivity (Wildman–Crippen MR) is 97.8 cm³/mol. The Morgan fingerprint density at radius 3 is 3.08 bits per heavy atom. The first kappa shape index (κ1) is 16.2. The van der Waals surface area contributed by atoms with Gasteiger partial charge in [0.05, 0.1) is 16.1 Å². The van der Waals surface area contributed by atoms with Gasteiger partial charge in [-0.1, -0.05) is 11.6 Å². The fourth-order valence-electron chi connectivity index (χ4n) is 3.11. The number of thiophene rings is 1. The van der Waals surface area contributed by atoms with Gasteiger partial charge in [0.1, 0.15) is 28.8 Å². The van der Waals surface area contributed by atoms with Gasteiger partial charge in [-0.05, 0) is 42.5 Å². The van der Waals surface area contributed by atoms with Gasteiger partial charge in [-0.15, -0.1) is 11.3 Å². The summed E-state index contributed by atoms with van der Waals surface area (Å²) in [5.74, 6) is 0.161. The van der Waals surface area contributed by atoms with Crippen LogP contribution in [0.3, 0.4) is 0 Å². The highest BCUT2D eigenvalue weighted by molar-refractivity contribution is 7.16. The Balaban J connectivity index is 1.61. The van der Waals surface area contributed by atoms with Crippen molar-refractivity contribution in [1.82, 2.24) is 9.97 Å². The van der Waals surface area contributed by atoms with Gasteiger partial charge in [-0.2, -0.15) is 0 Å². The molecule has 0 saturated carbocycles. The molecule has 1 N–H and O–H groups in total. The summed E-state index contributed by atoms with van der Waals surface area (Å²) in [4.78, 5) is 24.3. The first-order valence-corrected chi connectivity index (χ1v) is 9.10. The van der Waals surface area contributed by atoms with Gasteiger partial charge in [0.25, 0.3) is 0 Å². The summed E-state index contributed by atoms with van der Waals surface area (Å²) in [6.07, 6.45) is 3.14. The number of benzene rings is 1. The topological polar surface area (TPSA) is 58.1 Å². The maximum absolute atomic E-state index is 13.2. The highest BCUT2D eigenvalue weighted by atomic mass is 35.5. The van der Waals surface area contributed by atoms with E-state index in [0.717, 1.165) is 35.4 Å². The first-order valence-electron chi connectivity index (χ1n) is 7.84. The summed E-state index contributed by atoms with van der Waals surface area (Å²) >= 11 is 7.55. The van der Waals surface area contributed by atoms with Gasteiger partial charge in [-0.25, -0.2) is 14.4 Å². The fraction of sp³-hybridized carbons (Fsp3) is 0.235. The molecule has 25 heavy (non-hydrogen) atoms. The summed E-state index contributed by atoms with van der Waals surface area (Å²) < 4.78 is 13.2. The van der Waals surface area contributed by atoms with Crippen LogP contribution in [0, 0.1) is 5.82 Å². The van der Waals surface area contributed by atoms with Gasteiger partial charge >= 0.3 is 0 Å². The van der Waals surface area contributed by atoms with Gasteiger partial charge in [0.15, 0.2) is 0 Å². The second-order valence-corrected chi connectivity index (χ2v) is 7.10. The third kappa shape index (κ3) is 3.05. The van der Waals surface area contributed by atoms with Gasteiger partial charge in [-0.3, -0.25) is 4.79 Å². The molecule has 1 aliphatic rings. The van der Waals surface area contributed by atoms with Gasteiger partial charge in [0, 0.05) is 6.54 Å². The quantitative estimate of drug-likeness (QED) is 0.748. The number of carbonyl (C=O) groups is 1. The molecule has 0 bridgehead atoms. The first-order chi connectivity index (χ1) is 12.1. The zero-order valence-corrected chi connectivity index (χ0v) is 14.6. The monoisotopic (exact) mass is 376 g/mol. The molecule has 2 aromatic heterocycles. The number of hydrogen-bond acceptors (Lipinski definition) is 5. The SMILES string of the molecule is O=C(Nc1ccc(F)cc1Cl)[C@@H]1CCCN1c1ncnc2sccc12. The molecule has 1 aromatic carbocycles. The molecule has 5 nitrogen and oxygen atoms in total. The van der Waals surface area contributed by atoms with Crippen LogP contribution in [0.15, 0.2) is 36.0 Å². The zero-order chi connectivity index (χ0) is 17.4. The normalized spacial score (nSPS) is 17.2. The molecule has 0 aliphatic carbocycles. The molecule has 3 aromatic rings. The lowest BCUT2D eigenvalue weighted by Gasteiger charge is -2.25. The van der Waals surface area contributed by atoms with Crippen LogP contribution >= 0.6 is 22.9 Å². The third-order valence-corrected chi connectivity index (χ3v) is 5.39. The van der Waals surface area contributed by atoms with Crippen LogP contribution in [0.1, 0.15) is 12.8 Å². The van der Waals surface area contributed by atoms with E-state index in [4.69, 9.17) is 11.6 Å². The van der Waals surface area contributed by atoms with E-state index in [1.807, 2.05) is 16.3 Å². The van der Waals surface area contributed by atoms with Crippen molar-refractivity contribution < 1.29 is 9.18 Å². The Bertz CT molecular complexity index is 947. The molecule has 128 valence electrons. The second-order valence-electron chi connectivity index (χ2n) is 5.80. The van der Waals surface area contributed by atoms with Crippen LogP contribution in [0.2, 0.25) is 5.02 Å². The van der Waals surface area contributed by atoms with Crippen molar-refractivity contribution in [2.75, 3.05) is 16.8 Å². The molecule has 1 amide bonds. The standard InChI is InChI=1S/C17H14ClFN4OS/c18-12-8-10(19)3-4-13(12)22-16(24)14-2-1-6-23(14)15-11-5-7-25-17(11)21-9-20-15/h3-5,7-9,14H,1-2,6H2,(H,22,24)/t14-/m0/s1.